The predicted octanol–water partition coefficient (Wildman–Crippen LogP) is 3.45. The number of halogens is 1. The van der Waals surface area contributed by atoms with Crippen LogP contribution in [-0.2, 0) is 13.6 Å². The van der Waals surface area contributed by atoms with Crippen LogP contribution in [-0.4, -0.2) is 19.3 Å². The molecule has 2 aromatic heterocycles. The maximum atomic E-state index is 4.60. The third kappa shape index (κ3) is 2.13. The van der Waals surface area contributed by atoms with Crippen LogP contribution in [0.15, 0.2) is 30.7 Å². The van der Waals surface area contributed by atoms with Crippen LogP contribution in [0, 0.1) is 9.49 Å². The Labute approximate surface area is 130 Å². The van der Waals surface area contributed by atoms with E-state index in [9.17, 15) is 0 Å². The average molecular weight is 378 g/mol. The Balaban J connectivity index is 1.73. The summed E-state index contributed by atoms with van der Waals surface area (Å²) in [5, 5.41) is 5.87. The fourth-order valence-corrected chi connectivity index (χ4v) is 3.41. The number of hydrogen-bond acceptors (Lipinski definition) is 2. The second-order valence-electron chi connectivity index (χ2n) is 5.55. The van der Waals surface area contributed by atoms with E-state index in [1.807, 2.05) is 11.0 Å². The van der Waals surface area contributed by atoms with E-state index >= 15 is 0 Å². The lowest BCUT2D eigenvalue weighted by atomic mass is 10.1. The summed E-state index contributed by atoms with van der Waals surface area (Å²) in [5.74, 6) is 1.65. The highest BCUT2D eigenvalue weighted by Gasteiger charge is 2.22. The molecule has 1 saturated carbocycles. The maximum absolute atomic E-state index is 4.60. The van der Waals surface area contributed by atoms with Crippen molar-refractivity contribution in [1.29, 1.82) is 0 Å². The molecule has 0 bridgehead atoms. The van der Waals surface area contributed by atoms with Gasteiger partial charge < -0.3 is 4.57 Å². The molecule has 0 radical (unpaired) electrons. The van der Waals surface area contributed by atoms with Crippen molar-refractivity contribution in [3.05, 3.63) is 34.3 Å². The van der Waals surface area contributed by atoms with Crippen LogP contribution in [0.5, 0.6) is 0 Å². The SMILES string of the molecule is Cn1cc(I)c2cc(-c3ncn(CC4CC4)n3)ccc21. The van der Waals surface area contributed by atoms with Crippen molar-refractivity contribution in [2.45, 2.75) is 19.4 Å². The van der Waals surface area contributed by atoms with E-state index in [2.05, 4.69) is 68.7 Å². The van der Waals surface area contributed by atoms with Crippen LogP contribution in [0.3, 0.4) is 0 Å². The Morgan fingerprint density at radius 1 is 1.35 bits per heavy atom. The van der Waals surface area contributed by atoms with E-state index in [4.69, 9.17) is 0 Å². The van der Waals surface area contributed by atoms with Crippen molar-refractivity contribution in [1.82, 2.24) is 19.3 Å². The minimum Gasteiger partial charge on any atom is -0.349 e. The van der Waals surface area contributed by atoms with E-state index < -0.39 is 0 Å². The van der Waals surface area contributed by atoms with E-state index in [-0.39, 0.29) is 0 Å². The van der Waals surface area contributed by atoms with Gasteiger partial charge >= 0.3 is 0 Å². The van der Waals surface area contributed by atoms with Crippen LogP contribution in [0.2, 0.25) is 0 Å². The normalized spacial score (nSPS) is 15.1. The van der Waals surface area contributed by atoms with Crippen LogP contribution in [0.1, 0.15) is 12.8 Å². The molecule has 1 fully saturated rings. The Hall–Kier alpha value is -1.37. The summed E-state index contributed by atoms with van der Waals surface area (Å²) in [4.78, 5) is 4.45. The topological polar surface area (TPSA) is 35.6 Å². The Bertz CT molecular complexity index is 782. The second kappa shape index (κ2) is 4.58. The third-order valence-electron chi connectivity index (χ3n) is 3.88. The van der Waals surface area contributed by atoms with Gasteiger partial charge in [-0.25, -0.2) is 4.98 Å². The van der Waals surface area contributed by atoms with Gasteiger partial charge in [-0.15, -0.1) is 0 Å². The molecule has 0 spiro atoms. The van der Waals surface area contributed by atoms with Gasteiger partial charge in [0.05, 0.1) is 0 Å². The van der Waals surface area contributed by atoms with E-state index in [0.29, 0.717) is 0 Å². The molecule has 0 N–H and O–H groups in total. The Morgan fingerprint density at radius 2 is 2.20 bits per heavy atom. The molecule has 102 valence electrons. The Kier molecular flexibility index (Phi) is 2.83. The molecule has 1 aliphatic carbocycles. The van der Waals surface area contributed by atoms with Crippen molar-refractivity contribution in [3.63, 3.8) is 0 Å². The number of rotatable bonds is 3. The Morgan fingerprint density at radius 3 is 3.00 bits per heavy atom. The van der Waals surface area contributed by atoms with Crippen molar-refractivity contribution in [2.75, 3.05) is 0 Å². The monoisotopic (exact) mass is 378 g/mol. The van der Waals surface area contributed by atoms with Gasteiger partial charge in [-0.05, 0) is 59.5 Å². The zero-order valence-electron chi connectivity index (χ0n) is 11.3. The van der Waals surface area contributed by atoms with Crippen LogP contribution < -0.4 is 0 Å². The van der Waals surface area contributed by atoms with Gasteiger partial charge in [0, 0.05) is 39.8 Å². The fraction of sp³-hybridized carbons (Fsp3) is 0.333. The first-order valence-corrected chi connectivity index (χ1v) is 7.93. The first-order valence-electron chi connectivity index (χ1n) is 6.85. The highest BCUT2D eigenvalue weighted by molar-refractivity contribution is 14.1. The van der Waals surface area contributed by atoms with Crippen LogP contribution in [0.25, 0.3) is 22.3 Å². The standard InChI is InChI=1S/C15H15IN4/c1-19-8-13(16)12-6-11(4-5-14(12)19)15-17-9-20(18-15)7-10-2-3-10/h4-6,8-10H,2-3,7H2,1H3. The maximum Gasteiger partial charge on any atom is 0.181 e. The van der Waals surface area contributed by atoms with Crippen molar-refractivity contribution < 1.29 is 0 Å². The van der Waals surface area contributed by atoms with Crippen molar-refractivity contribution >= 4 is 33.5 Å². The van der Waals surface area contributed by atoms with Gasteiger partial charge in [-0.3, -0.25) is 4.68 Å². The molecule has 3 aromatic rings. The summed E-state index contributed by atoms with van der Waals surface area (Å²) >= 11 is 2.38. The number of aromatic nitrogens is 4. The fourth-order valence-electron chi connectivity index (χ4n) is 2.56. The zero-order valence-corrected chi connectivity index (χ0v) is 13.4. The van der Waals surface area contributed by atoms with Gasteiger partial charge in [0.1, 0.15) is 6.33 Å². The summed E-state index contributed by atoms with van der Waals surface area (Å²) in [7, 11) is 2.08. The molecule has 1 aromatic carbocycles. The molecule has 0 saturated heterocycles. The van der Waals surface area contributed by atoms with Gasteiger partial charge in [0.2, 0.25) is 0 Å². The molecule has 0 aliphatic heterocycles. The molecular formula is C15H15IN4. The van der Waals surface area contributed by atoms with Gasteiger partial charge in [0.25, 0.3) is 0 Å². The van der Waals surface area contributed by atoms with Crippen molar-refractivity contribution in [2.24, 2.45) is 13.0 Å². The molecule has 4 rings (SSSR count). The van der Waals surface area contributed by atoms with E-state index in [1.54, 1.807) is 0 Å². The first kappa shape index (κ1) is 12.4. The highest BCUT2D eigenvalue weighted by atomic mass is 127. The summed E-state index contributed by atoms with van der Waals surface area (Å²) in [6.07, 6.45) is 6.68. The van der Waals surface area contributed by atoms with Crippen LogP contribution >= 0.6 is 22.6 Å². The number of hydrogen-bond donors (Lipinski definition) is 0. The van der Waals surface area contributed by atoms with Gasteiger partial charge in [-0.1, -0.05) is 0 Å². The minimum absolute atomic E-state index is 0.821. The molecule has 0 atom stereocenters. The van der Waals surface area contributed by atoms with Gasteiger partial charge in [0.15, 0.2) is 5.82 Å². The zero-order chi connectivity index (χ0) is 13.7. The van der Waals surface area contributed by atoms with Crippen molar-refractivity contribution in [3.8, 4) is 11.4 Å². The molecular weight excluding hydrogens is 363 g/mol. The summed E-state index contributed by atoms with van der Waals surface area (Å²) in [6, 6.07) is 6.44. The lowest BCUT2D eigenvalue weighted by molar-refractivity contribution is 0.563. The number of aryl methyl sites for hydroxylation is 1. The minimum atomic E-state index is 0.821. The number of benzene rings is 1. The quantitative estimate of drug-likeness (QED) is 0.655. The predicted molar refractivity (Wildman–Crippen MR) is 87.4 cm³/mol. The van der Waals surface area contributed by atoms with Crippen LogP contribution in [0.4, 0.5) is 0 Å². The molecule has 0 amide bonds. The molecule has 4 nitrogen and oxygen atoms in total. The summed E-state index contributed by atoms with van der Waals surface area (Å²) in [5.41, 5.74) is 2.34. The number of nitrogens with zero attached hydrogens (tertiary/aromatic N) is 4. The smallest absolute Gasteiger partial charge is 0.181 e. The second-order valence-corrected chi connectivity index (χ2v) is 6.72. The molecule has 20 heavy (non-hydrogen) atoms. The first-order chi connectivity index (χ1) is 9.70. The van der Waals surface area contributed by atoms with E-state index in [0.717, 1.165) is 23.9 Å². The van der Waals surface area contributed by atoms with Gasteiger partial charge in [-0.2, -0.15) is 5.10 Å². The number of fused-ring (bicyclic) bond motifs is 1. The average Bonchev–Trinajstić information content (AvgIpc) is 3.05. The molecule has 2 heterocycles. The summed E-state index contributed by atoms with van der Waals surface area (Å²) in [6.45, 7) is 1.01. The molecule has 0 unspecified atom stereocenters. The third-order valence-corrected chi connectivity index (χ3v) is 4.74. The lowest BCUT2D eigenvalue weighted by Crippen LogP contribution is -2.00. The molecule has 5 heteroatoms. The van der Waals surface area contributed by atoms with E-state index in [1.165, 1.54) is 27.3 Å². The lowest BCUT2D eigenvalue weighted by Gasteiger charge is -1.99. The molecule has 1 aliphatic rings. The highest BCUT2D eigenvalue weighted by Crippen LogP contribution is 2.31. The largest absolute Gasteiger partial charge is 0.349 e. The summed E-state index contributed by atoms with van der Waals surface area (Å²) < 4.78 is 5.40.